The zero-order chi connectivity index (χ0) is 18.1. The number of nitrogens with zero attached hydrogens (tertiary/aromatic N) is 1. The Labute approximate surface area is 140 Å². The van der Waals surface area contributed by atoms with Crippen molar-refractivity contribution in [3.63, 3.8) is 0 Å². The van der Waals surface area contributed by atoms with E-state index in [0.717, 1.165) is 7.11 Å². The number of hydrogen-bond donors (Lipinski definition) is 0. The lowest BCUT2D eigenvalue weighted by molar-refractivity contribution is -0.144. The van der Waals surface area contributed by atoms with Gasteiger partial charge in [-0.25, -0.2) is 13.6 Å². The van der Waals surface area contributed by atoms with E-state index in [-0.39, 0.29) is 30.0 Å². The second kappa shape index (κ2) is 6.49. The molecule has 6 heteroatoms. The third-order valence-electron chi connectivity index (χ3n) is 4.26. The van der Waals surface area contributed by atoms with Gasteiger partial charge in [0, 0.05) is 17.5 Å². The van der Waals surface area contributed by atoms with Crippen LogP contribution in [0.1, 0.15) is 49.5 Å². The lowest BCUT2D eigenvalue weighted by Gasteiger charge is -2.40. The van der Waals surface area contributed by atoms with Crippen LogP contribution in [0.4, 0.5) is 8.78 Å². The Morgan fingerprint density at radius 1 is 1.29 bits per heavy atom. The van der Waals surface area contributed by atoms with Crippen LogP contribution in [0.5, 0.6) is 0 Å². The van der Waals surface area contributed by atoms with E-state index in [9.17, 15) is 14.0 Å². The molecule has 0 radical (unpaired) electrons. The third kappa shape index (κ3) is 3.42. The molecule has 0 spiro atoms. The number of piperidine rings is 1. The molecule has 1 aliphatic rings. The van der Waals surface area contributed by atoms with Gasteiger partial charge in [0.1, 0.15) is 5.82 Å². The Morgan fingerprint density at radius 3 is 2.54 bits per heavy atom. The Kier molecular flexibility index (Phi) is 4.97. The van der Waals surface area contributed by atoms with Gasteiger partial charge in [-0.05, 0) is 18.9 Å². The number of methoxy groups -OCH3 is 1. The smallest absolute Gasteiger partial charge is 0.340 e. The van der Waals surface area contributed by atoms with Crippen molar-refractivity contribution in [2.45, 2.75) is 39.3 Å². The van der Waals surface area contributed by atoms with Crippen LogP contribution in [-0.2, 0) is 15.2 Å². The quantitative estimate of drug-likeness (QED) is 0.776. The Bertz CT molecular complexity index is 654. The summed E-state index contributed by atoms with van der Waals surface area (Å²) in [6, 6.07) is 4.01. The van der Waals surface area contributed by atoms with Gasteiger partial charge < -0.3 is 9.64 Å². The molecule has 0 aliphatic carbocycles. The van der Waals surface area contributed by atoms with Crippen molar-refractivity contribution in [3.8, 4) is 0 Å². The summed E-state index contributed by atoms with van der Waals surface area (Å²) in [6.07, 6.45) is 0.530. The van der Waals surface area contributed by atoms with Gasteiger partial charge in [-0.15, -0.1) is 0 Å². The molecule has 0 saturated carbocycles. The Morgan fingerprint density at radius 2 is 1.96 bits per heavy atom. The summed E-state index contributed by atoms with van der Waals surface area (Å²) in [5, 5.41) is 0. The average molecular weight is 339 g/mol. The van der Waals surface area contributed by atoms with Crippen molar-refractivity contribution in [1.29, 1.82) is 0 Å². The molecule has 0 aromatic heterocycles. The van der Waals surface area contributed by atoms with Gasteiger partial charge in [-0.1, -0.05) is 32.9 Å². The van der Waals surface area contributed by atoms with Crippen LogP contribution in [0.15, 0.2) is 18.2 Å². The maximum atomic E-state index is 15.5. The van der Waals surface area contributed by atoms with Gasteiger partial charge in [0.15, 0.2) is 5.67 Å². The molecule has 1 heterocycles. The molecule has 1 amide bonds. The molecule has 1 atom stereocenters. The number of hydrogen-bond acceptors (Lipinski definition) is 3. The molecule has 1 fully saturated rings. The van der Waals surface area contributed by atoms with Crippen molar-refractivity contribution >= 4 is 11.9 Å². The lowest BCUT2D eigenvalue weighted by atomic mass is 9.84. The summed E-state index contributed by atoms with van der Waals surface area (Å²) < 4.78 is 34.7. The first-order chi connectivity index (χ1) is 11.1. The number of rotatable bonds is 2. The zero-order valence-electron chi connectivity index (χ0n) is 14.5. The molecule has 132 valence electrons. The molecule has 2 rings (SSSR count). The summed E-state index contributed by atoms with van der Waals surface area (Å²) in [7, 11) is 1.14. The average Bonchev–Trinajstić information content (AvgIpc) is 2.52. The minimum atomic E-state index is -2.02. The molecular formula is C18H23F2NO3. The number of ether oxygens (including phenoxy) is 1. The van der Waals surface area contributed by atoms with Crippen LogP contribution in [0.3, 0.4) is 0 Å². The standard InChI is InChI=1S/C18H23F2NO3/c1-17(2,3)16(23)21-10-6-9-18(20,11-21)13-8-5-7-12(14(13)19)15(22)24-4/h5,7-8H,6,9-11H2,1-4H3. The van der Waals surface area contributed by atoms with Crippen molar-refractivity contribution in [3.05, 3.63) is 35.1 Å². The zero-order valence-corrected chi connectivity index (χ0v) is 14.5. The Hall–Kier alpha value is -1.98. The summed E-state index contributed by atoms with van der Waals surface area (Å²) in [6.45, 7) is 5.53. The summed E-state index contributed by atoms with van der Waals surface area (Å²) in [4.78, 5) is 25.5. The number of likely N-dealkylation sites (tertiary alicyclic amines) is 1. The normalized spacial score (nSPS) is 21.5. The van der Waals surface area contributed by atoms with Crippen LogP contribution in [0, 0.1) is 11.2 Å². The van der Waals surface area contributed by atoms with Crippen molar-refractivity contribution in [1.82, 2.24) is 4.90 Å². The van der Waals surface area contributed by atoms with Crippen LogP contribution < -0.4 is 0 Å². The highest BCUT2D eigenvalue weighted by Crippen LogP contribution is 2.38. The fraction of sp³-hybridized carbons (Fsp3) is 0.556. The van der Waals surface area contributed by atoms with Crippen molar-refractivity contribution in [2.24, 2.45) is 5.41 Å². The monoisotopic (exact) mass is 339 g/mol. The van der Waals surface area contributed by atoms with Crippen LogP contribution in [0.25, 0.3) is 0 Å². The van der Waals surface area contributed by atoms with Gasteiger partial charge in [0.2, 0.25) is 5.91 Å². The van der Waals surface area contributed by atoms with Gasteiger partial charge >= 0.3 is 5.97 Å². The highest BCUT2D eigenvalue weighted by atomic mass is 19.1. The van der Waals surface area contributed by atoms with Gasteiger partial charge in [-0.2, -0.15) is 0 Å². The number of amides is 1. The molecule has 1 aromatic carbocycles. The van der Waals surface area contributed by atoms with E-state index in [1.165, 1.54) is 23.1 Å². The predicted octanol–water partition coefficient (Wildman–Crippen LogP) is 3.45. The lowest BCUT2D eigenvalue weighted by Crippen LogP contribution is -2.50. The molecule has 1 saturated heterocycles. The molecule has 1 aromatic rings. The highest BCUT2D eigenvalue weighted by Gasteiger charge is 2.43. The first-order valence-electron chi connectivity index (χ1n) is 7.96. The van der Waals surface area contributed by atoms with Gasteiger partial charge in [0.05, 0.1) is 19.2 Å². The summed E-state index contributed by atoms with van der Waals surface area (Å²) in [5.41, 5.74) is -3.15. The van der Waals surface area contributed by atoms with Crippen LogP contribution in [0.2, 0.25) is 0 Å². The number of alkyl halides is 1. The number of benzene rings is 1. The van der Waals surface area contributed by atoms with Crippen LogP contribution in [-0.4, -0.2) is 37.0 Å². The molecule has 24 heavy (non-hydrogen) atoms. The van der Waals surface area contributed by atoms with E-state index in [0.29, 0.717) is 13.0 Å². The van der Waals surface area contributed by atoms with E-state index in [1.807, 2.05) is 0 Å². The molecule has 1 aliphatic heterocycles. The fourth-order valence-electron chi connectivity index (χ4n) is 3.02. The number of halogens is 2. The molecule has 4 nitrogen and oxygen atoms in total. The fourth-order valence-corrected chi connectivity index (χ4v) is 3.02. The van der Waals surface area contributed by atoms with Crippen molar-refractivity contribution < 1.29 is 23.1 Å². The number of carbonyl (C=O) groups excluding carboxylic acids is 2. The predicted molar refractivity (Wildman–Crippen MR) is 85.8 cm³/mol. The highest BCUT2D eigenvalue weighted by molar-refractivity contribution is 5.90. The number of carbonyl (C=O) groups is 2. The second-order valence-corrected chi connectivity index (χ2v) is 7.20. The minimum Gasteiger partial charge on any atom is -0.465 e. The van der Waals surface area contributed by atoms with E-state index < -0.39 is 22.9 Å². The molecule has 0 N–H and O–H groups in total. The van der Waals surface area contributed by atoms with E-state index in [2.05, 4.69) is 4.74 Å². The largest absolute Gasteiger partial charge is 0.465 e. The third-order valence-corrected chi connectivity index (χ3v) is 4.26. The molecule has 1 unspecified atom stereocenters. The SMILES string of the molecule is COC(=O)c1cccc(C2(F)CCCN(C(=O)C(C)(C)C)C2)c1F. The topological polar surface area (TPSA) is 46.6 Å². The summed E-state index contributed by atoms with van der Waals surface area (Å²) in [5.74, 6) is -1.94. The summed E-state index contributed by atoms with van der Waals surface area (Å²) >= 11 is 0. The molecular weight excluding hydrogens is 316 g/mol. The Balaban J connectivity index is 2.37. The van der Waals surface area contributed by atoms with Gasteiger partial charge in [0.25, 0.3) is 0 Å². The van der Waals surface area contributed by atoms with E-state index in [4.69, 9.17) is 0 Å². The first-order valence-corrected chi connectivity index (χ1v) is 7.96. The second-order valence-electron chi connectivity index (χ2n) is 7.20. The number of esters is 1. The van der Waals surface area contributed by atoms with Gasteiger partial charge in [-0.3, -0.25) is 4.79 Å². The van der Waals surface area contributed by atoms with E-state index >= 15 is 4.39 Å². The van der Waals surface area contributed by atoms with E-state index in [1.54, 1.807) is 20.8 Å². The van der Waals surface area contributed by atoms with Crippen molar-refractivity contribution in [2.75, 3.05) is 20.2 Å². The minimum absolute atomic E-state index is 0.0997. The molecule has 0 bridgehead atoms. The maximum absolute atomic E-state index is 15.5. The first kappa shape index (κ1) is 18.4. The maximum Gasteiger partial charge on any atom is 0.340 e. The van der Waals surface area contributed by atoms with Crippen LogP contribution >= 0.6 is 0 Å².